The average Bonchev–Trinajstić information content (AvgIpc) is 2.71. The fourth-order valence-electron chi connectivity index (χ4n) is 2.39. The van der Waals surface area contributed by atoms with Gasteiger partial charge in [0.25, 0.3) is 0 Å². The van der Waals surface area contributed by atoms with Crippen LogP contribution in [0.4, 0.5) is 0 Å². The Morgan fingerprint density at radius 1 is 1.53 bits per heavy atom. The Balaban J connectivity index is 2.20. The lowest BCUT2D eigenvalue weighted by Crippen LogP contribution is -2.47. The topological polar surface area (TPSA) is 55.2 Å². The summed E-state index contributed by atoms with van der Waals surface area (Å²) < 4.78 is 8.55. The third-order valence-electron chi connectivity index (χ3n) is 3.40. The van der Waals surface area contributed by atoms with E-state index < -0.39 is 0 Å². The third kappa shape index (κ3) is 3.53. The fourth-order valence-corrected chi connectivity index (χ4v) is 2.96. The standard InChI is InChI=1S/C12H22BrN5O/c1-4-5-14-10(9-8-17(2)6-7-19-9)11-12(13)15-16-18(11)3/h9-10,14H,4-8H2,1-3H3. The molecule has 2 atom stereocenters. The summed E-state index contributed by atoms with van der Waals surface area (Å²) in [5.41, 5.74) is 1.05. The molecule has 1 aliphatic heterocycles. The SMILES string of the molecule is CCCNC(c1c(Br)nnn1C)C1CN(C)CCO1. The lowest BCUT2D eigenvalue weighted by molar-refractivity contribution is -0.0406. The number of likely N-dealkylation sites (N-methyl/N-ethyl adjacent to an activating group) is 1. The molecule has 1 aliphatic rings. The van der Waals surface area contributed by atoms with E-state index in [0.29, 0.717) is 0 Å². The molecule has 108 valence electrons. The van der Waals surface area contributed by atoms with Crippen LogP contribution in [0.25, 0.3) is 0 Å². The minimum atomic E-state index is 0.108. The second-order valence-electron chi connectivity index (χ2n) is 4.99. The number of nitrogens with zero attached hydrogens (tertiary/aromatic N) is 4. The molecule has 0 aliphatic carbocycles. The van der Waals surface area contributed by atoms with E-state index in [4.69, 9.17) is 4.74 Å². The maximum atomic E-state index is 5.95. The first-order chi connectivity index (χ1) is 9.13. The quantitative estimate of drug-likeness (QED) is 0.870. The van der Waals surface area contributed by atoms with Crippen molar-refractivity contribution in [1.29, 1.82) is 0 Å². The van der Waals surface area contributed by atoms with Crippen molar-refractivity contribution in [2.24, 2.45) is 7.05 Å². The summed E-state index contributed by atoms with van der Waals surface area (Å²) in [6.45, 7) is 5.79. The molecule has 2 heterocycles. The van der Waals surface area contributed by atoms with Crippen LogP contribution < -0.4 is 5.32 Å². The first kappa shape index (κ1) is 14.9. The highest BCUT2D eigenvalue weighted by Crippen LogP contribution is 2.26. The molecule has 0 spiro atoms. The van der Waals surface area contributed by atoms with Crippen LogP contribution in [0.3, 0.4) is 0 Å². The maximum Gasteiger partial charge on any atom is 0.153 e. The predicted molar refractivity (Wildman–Crippen MR) is 77.0 cm³/mol. The molecule has 6 nitrogen and oxygen atoms in total. The molecule has 1 N–H and O–H groups in total. The summed E-state index contributed by atoms with van der Waals surface area (Å²) in [5, 5.41) is 11.7. The monoisotopic (exact) mass is 331 g/mol. The van der Waals surface area contributed by atoms with Gasteiger partial charge in [0.15, 0.2) is 4.60 Å². The van der Waals surface area contributed by atoms with Crippen molar-refractivity contribution in [2.45, 2.75) is 25.5 Å². The molecular weight excluding hydrogens is 310 g/mol. The van der Waals surface area contributed by atoms with Crippen LogP contribution in [0.15, 0.2) is 4.60 Å². The van der Waals surface area contributed by atoms with Crippen LogP contribution in [-0.2, 0) is 11.8 Å². The zero-order valence-electron chi connectivity index (χ0n) is 11.8. The molecule has 0 bridgehead atoms. The zero-order valence-corrected chi connectivity index (χ0v) is 13.4. The van der Waals surface area contributed by atoms with E-state index >= 15 is 0 Å². The summed E-state index contributed by atoms with van der Waals surface area (Å²) in [6.07, 6.45) is 1.21. The minimum absolute atomic E-state index is 0.108. The molecule has 7 heteroatoms. The van der Waals surface area contributed by atoms with Gasteiger partial charge in [0.1, 0.15) is 0 Å². The highest BCUT2D eigenvalue weighted by Gasteiger charge is 2.31. The van der Waals surface area contributed by atoms with Gasteiger partial charge in [-0.15, -0.1) is 5.10 Å². The third-order valence-corrected chi connectivity index (χ3v) is 3.97. The number of aryl methyl sites for hydroxylation is 1. The average molecular weight is 332 g/mol. The normalized spacial score (nSPS) is 22.6. The fraction of sp³-hybridized carbons (Fsp3) is 0.833. The first-order valence-electron chi connectivity index (χ1n) is 6.72. The van der Waals surface area contributed by atoms with Gasteiger partial charge in [-0.05, 0) is 35.9 Å². The van der Waals surface area contributed by atoms with Crippen LogP contribution in [0.5, 0.6) is 0 Å². The lowest BCUT2D eigenvalue weighted by Gasteiger charge is -2.35. The Kier molecular flexibility index (Phi) is 5.32. The van der Waals surface area contributed by atoms with Gasteiger partial charge in [-0.25, -0.2) is 4.68 Å². The maximum absolute atomic E-state index is 5.95. The summed E-state index contributed by atoms with van der Waals surface area (Å²) in [7, 11) is 4.04. The van der Waals surface area contributed by atoms with E-state index in [1.54, 1.807) is 0 Å². The van der Waals surface area contributed by atoms with Gasteiger partial charge in [0, 0.05) is 20.1 Å². The summed E-state index contributed by atoms with van der Waals surface area (Å²) in [4.78, 5) is 2.30. The second-order valence-corrected chi connectivity index (χ2v) is 5.74. The van der Waals surface area contributed by atoms with E-state index in [1.165, 1.54) is 0 Å². The summed E-state index contributed by atoms with van der Waals surface area (Å²) in [6, 6.07) is 0.108. The van der Waals surface area contributed by atoms with Gasteiger partial charge in [-0.1, -0.05) is 12.1 Å². The highest BCUT2D eigenvalue weighted by molar-refractivity contribution is 9.10. The summed E-state index contributed by atoms with van der Waals surface area (Å²) in [5.74, 6) is 0. The number of ether oxygens (including phenoxy) is 1. The Morgan fingerprint density at radius 2 is 2.32 bits per heavy atom. The second kappa shape index (κ2) is 6.78. The molecule has 0 aromatic carbocycles. The Morgan fingerprint density at radius 3 is 2.89 bits per heavy atom. The Labute approximate surface area is 122 Å². The van der Waals surface area contributed by atoms with Crippen molar-refractivity contribution in [3.8, 4) is 0 Å². The molecule has 1 aromatic heterocycles. The van der Waals surface area contributed by atoms with Crippen molar-refractivity contribution < 1.29 is 4.74 Å². The van der Waals surface area contributed by atoms with Gasteiger partial charge in [-0.3, -0.25) is 0 Å². The van der Waals surface area contributed by atoms with Gasteiger partial charge in [0.2, 0.25) is 0 Å². The van der Waals surface area contributed by atoms with Crippen LogP contribution in [0.1, 0.15) is 25.1 Å². The number of halogens is 1. The van der Waals surface area contributed by atoms with E-state index in [-0.39, 0.29) is 12.1 Å². The van der Waals surface area contributed by atoms with Gasteiger partial charge in [-0.2, -0.15) is 0 Å². The van der Waals surface area contributed by atoms with Gasteiger partial charge < -0.3 is 15.0 Å². The van der Waals surface area contributed by atoms with Crippen LogP contribution >= 0.6 is 15.9 Å². The van der Waals surface area contributed by atoms with Crippen molar-refractivity contribution >= 4 is 15.9 Å². The molecule has 1 fully saturated rings. The zero-order chi connectivity index (χ0) is 13.8. The minimum Gasteiger partial charge on any atom is -0.374 e. The van der Waals surface area contributed by atoms with E-state index in [1.807, 2.05) is 11.7 Å². The molecule has 1 aromatic rings. The number of rotatable bonds is 5. The van der Waals surface area contributed by atoms with Crippen LogP contribution in [-0.4, -0.2) is 59.3 Å². The molecule has 0 radical (unpaired) electrons. The van der Waals surface area contributed by atoms with E-state index in [2.05, 4.69) is 50.4 Å². The largest absolute Gasteiger partial charge is 0.374 e. The van der Waals surface area contributed by atoms with Crippen molar-refractivity contribution in [3.63, 3.8) is 0 Å². The Bertz CT molecular complexity index is 391. The molecule has 0 amide bonds. The van der Waals surface area contributed by atoms with Crippen molar-refractivity contribution in [2.75, 3.05) is 33.3 Å². The summed E-state index contributed by atoms with van der Waals surface area (Å²) >= 11 is 3.49. The molecule has 0 saturated carbocycles. The van der Waals surface area contributed by atoms with Gasteiger partial charge >= 0.3 is 0 Å². The molecular formula is C12H22BrN5O. The first-order valence-corrected chi connectivity index (χ1v) is 7.51. The number of hydrogen-bond donors (Lipinski definition) is 1. The number of nitrogens with one attached hydrogen (secondary N) is 1. The van der Waals surface area contributed by atoms with Crippen molar-refractivity contribution in [3.05, 3.63) is 10.3 Å². The smallest absolute Gasteiger partial charge is 0.153 e. The van der Waals surface area contributed by atoms with E-state index in [0.717, 1.165) is 43.0 Å². The number of morpholine rings is 1. The molecule has 19 heavy (non-hydrogen) atoms. The number of hydrogen-bond acceptors (Lipinski definition) is 5. The van der Waals surface area contributed by atoms with Gasteiger partial charge in [0.05, 0.1) is 24.4 Å². The van der Waals surface area contributed by atoms with Crippen LogP contribution in [0.2, 0.25) is 0 Å². The van der Waals surface area contributed by atoms with Crippen molar-refractivity contribution in [1.82, 2.24) is 25.2 Å². The molecule has 2 unspecified atom stereocenters. The molecule has 1 saturated heterocycles. The van der Waals surface area contributed by atoms with E-state index in [9.17, 15) is 0 Å². The number of aromatic nitrogens is 3. The lowest BCUT2D eigenvalue weighted by atomic mass is 10.1. The molecule has 2 rings (SSSR count). The predicted octanol–water partition coefficient (Wildman–Crippen LogP) is 0.949. The highest BCUT2D eigenvalue weighted by atomic mass is 79.9. The Hall–Kier alpha value is -0.500. The van der Waals surface area contributed by atoms with Crippen LogP contribution in [0, 0.1) is 0 Å².